The molecule has 2 aromatic rings. The topological polar surface area (TPSA) is 92.3 Å². The molecular weight excluding hydrogens is 385 g/mol. The van der Waals surface area contributed by atoms with Crippen molar-refractivity contribution in [3.05, 3.63) is 59.7 Å². The highest BCUT2D eigenvalue weighted by Gasteiger charge is 2.31. The molecule has 1 amide bonds. The number of sulfonamides is 1. The molecule has 0 heterocycles. The third-order valence-electron chi connectivity index (χ3n) is 3.45. The van der Waals surface area contributed by atoms with E-state index in [1.165, 1.54) is 19.1 Å². The second-order valence-electron chi connectivity index (χ2n) is 5.54. The van der Waals surface area contributed by atoms with Crippen LogP contribution in [0.1, 0.15) is 22.8 Å². The van der Waals surface area contributed by atoms with Crippen LogP contribution in [0.15, 0.2) is 53.4 Å². The van der Waals surface area contributed by atoms with Gasteiger partial charge < -0.3 is 5.32 Å². The van der Waals surface area contributed by atoms with Crippen molar-refractivity contribution in [3.8, 4) is 0 Å². The summed E-state index contributed by atoms with van der Waals surface area (Å²) in [5.74, 6) is -0.956. The molecule has 0 unspecified atom stereocenters. The van der Waals surface area contributed by atoms with E-state index < -0.39 is 39.1 Å². The lowest BCUT2D eigenvalue weighted by molar-refractivity contribution is -0.137. The van der Waals surface area contributed by atoms with E-state index in [1.807, 2.05) is 4.72 Å². The smallest absolute Gasteiger partial charge is 0.325 e. The van der Waals surface area contributed by atoms with Gasteiger partial charge in [0.15, 0.2) is 5.78 Å². The van der Waals surface area contributed by atoms with Crippen molar-refractivity contribution in [1.82, 2.24) is 4.72 Å². The molecule has 0 aromatic heterocycles. The van der Waals surface area contributed by atoms with Crippen LogP contribution in [0.3, 0.4) is 0 Å². The first kappa shape index (κ1) is 20.6. The normalized spacial score (nSPS) is 11.9. The molecule has 27 heavy (non-hydrogen) atoms. The van der Waals surface area contributed by atoms with Gasteiger partial charge in [-0.2, -0.15) is 13.2 Å². The number of hydrogen-bond donors (Lipinski definition) is 2. The van der Waals surface area contributed by atoms with Crippen molar-refractivity contribution >= 4 is 27.4 Å². The average molecular weight is 400 g/mol. The Morgan fingerprint density at radius 1 is 1.04 bits per heavy atom. The fraction of sp³-hybridized carbons (Fsp3) is 0.176. The quantitative estimate of drug-likeness (QED) is 0.730. The van der Waals surface area contributed by atoms with Crippen LogP contribution < -0.4 is 10.0 Å². The van der Waals surface area contributed by atoms with Gasteiger partial charge in [-0.3, -0.25) is 9.59 Å². The van der Waals surface area contributed by atoms with Gasteiger partial charge in [0, 0.05) is 11.3 Å². The maximum absolute atomic E-state index is 12.7. The molecule has 0 fully saturated rings. The molecule has 0 aliphatic rings. The molecule has 0 radical (unpaired) electrons. The maximum Gasteiger partial charge on any atom is 0.416 e. The van der Waals surface area contributed by atoms with Crippen LogP contribution in [0.5, 0.6) is 0 Å². The van der Waals surface area contributed by atoms with Crippen molar-refractivity contribution in [2.75, 3.05) is 11.9 Å². The number of nitrogens with one attached hydrogen (secondary N) is 2. The Morgan fingerprint density at radius 2 is 1.70 bits per heavy atom. The Hall–Kier alpha value is -2.72. The van der Waals surface area contributed by atoms with Gasteiger partial charge in [-0.1, -0.05) is 18.2 Å². The van der Waals surface area contributed by atoms with Crippen LogP contribution in [-0.4, -0.2) is 26.7 Å². The molecule has 6 nitrogen and oxygen atoms in total. The summed E-state index contributed by atoms with van der Waals surface area (Å²) in [6.07, 6.45) is -4.69. The minimum absolute atomic E-state index is 0.212. The fourth-order valence-corrected chi connectivity index (χ4v) is 3.13. The van der Waals surface area contributed by atoms with Crippen LogP contribution >= 0.6 is 0 Å². The second kappa shape index (κ2) is 7.89. The SMILES string of the molecule is CC(=O)c1cccc(NC(=O)CNS(=O)(=O)c2cccc(C(F)(F)F)c2)c1. The fourth-order valence-electron chi connectivity index (χ4n) is 2.10. The van der Waals surface area contributed by atoms with Gasteiger partial charge >= 0.3 is 6.18 Å². The predicted molar refractivity (Wildman–Crippen MR) is 91.7 cm³/mol. The number of carbonyl (C=O) groups excluding carboxylic acids is 2. The van der Waals surface area contributed by atoms with E-state index in [0.717, 1.165) is 18.2 Å². The van der Waals surface area contributed by atoms with E-state index >= 15 is 0 Å². The standard InChI is InChI=1S/C17H15F3N2O4S/c1-11(23)12-4-2-6-14(8-12)22-16(24)10-21-27(25,26)15-7-3-5-13(9-15)17(18,19)20/h2-9,21H,10H2,1H3,(H,22,24). The van der Waals surface area contributed by atoms with Gasteiger partial charge in [0.25, 0.3) is 0 Å². The number of carbonyl (C=O) groups is 2. The zero-order chi connectivity index (χ0) is 20.2. The number of amides is 1. The summed E-state index contributed by atoms with van der Waals surface area (Å²) in [5.41, 5.74) is -0.473. The lowest BCUT2D eigenvalue weighted by atomic mass is 10.1. The van der Waals surface area contributed by atoms with E-state index in [0.29, 0.717) is 11.6 Å². The highest BCUT2D eigenvalue weighted by Crippen LogP contribution is 2.30. The minimum Gasteiger partial charge on any atom is -0.325 e. The molecule has 10 heteroatoms. The molecular formula is C17H15F3N2O4S. The van der Waals surface area contributed by atoms with Crippen molar-refractivity contribution in [3.63, 3.8) is 0 Å². The molecule has 0 saturated heterocycles. The summed E-state index contributed by atoms with van der Waals surface area (Å²) in [4.78, 5) is 22.6. The summed E-state index contributed by atoms with van der Waals surface area (Å²) in [7, 11) is -4.32. The monoisotopic (exact) mass is 400 g/mol. The molecule has 144 valence electrons. The molecule has 2 rings (SSSR count). The number of anilines is 1. The first-order valence-corrected chi connectivity index (χ1v) is 9.05. The van der Waals surface area contributed by atoms with Crippen LogP contribution in [-0.2, 0) is 21.0 Å². The molecule has 0 spiro atoms. The highest BCUT2D eigenvalue weighted by atomic mass is 32.2. The third kappa shape index (κ3) is 5.63. The van der Waals surface area contributed by atoms with Crippen LogP contribution in [0.25, 0.3) is 0 Å². The van der Waals surface area contributed by atoms with Gasteiger partial charge in [0.1, 0.15) is 0 Å². The Balaban J connectivity index is 2.06. The van der Waals surface area contributed by atoms with Gasteiger partial charge in [-0.25, -0.2) is 13.1 Å². The number of hydrogen-bond acceptors (Lipinski definition) is 4. The Morgan fingerprint density at radius 3 is 2.33 bits per heavy atom. The Labute approximate surface area is 153 Å². The first-order chi connectivity index (χ1) is 12.5. The summed E-state index contributed by atoms with van der Waals surface area (Å²) in [6, 6.07) is 9.20. The summed E-state index contributed by atoms with van der Waals surface area (Å²) < 4.78 is 64.2. The molecule has 0 bridgehead atoms. The van der Waals surface area contributed by atoms with E-state index in [4.69, 9.17) is 0 Å². The van der Waals surface area contributed by atoms with Gasteiger partial charge in [0.05, 0.1) is 17.0 Å². The van der Waals surface area contributed by atoms with Gasteiger partial charge in [-0.15, -0.1) is 0 Å². The van der Waals surface area contributed by atoms with E-state index in [9.17, 15) is 31.2 Å². The van der Waals surface area contributed by atoms with Crippen molar-refractivity contribution < 1.29 is 31.2 Å². The van der Waals surface area contributed by atoms with Crippen LogP contribution in [0.2, 0.25) is 0 Å². The minimum atomic E-state index is -4.69. The molecule has 2 N–H and O–H groups in total. The number of alkyl halides is 3. The van der Waals surface area contributed by atoms with Gasteiger partial charge in [0.2, 0.25) is 15.9 Å². The average Bonchev–Trinajstić information content (AvgIpc) is 2.60. The molecule has 2 aromatic carbocycles. The zero-order valence-electron chi connectivity index (χ0n) is 14.0. The number of ketones is 1. The maximum atomic E-state index is 12.7. The van der Waals surface area contributed by atoms with Crippen LogP contribution in [0, 0.1) is 0 Å². The summed E-state index contributed by atoms with van der Waals surface area (Å²) in [6.45, 7) is 0.660. The summed E-state index contributed by atoms with van der Waals surface area (Å²) >= 11 is 0. The number of benzene rings is 2. The first-order valence-electron chi connectivity index (χ1n) is 7.57. The largest absolute Gasteiger partial charge is 0.416 e. The number of halogens is 3. The Kier molecular flexibility index (Phi) is 6.01. The summed E-state index contributed by atoms with van der Waals surface area (Å²) in [5, 5.41) is 2.40. The molecule has 0 saturated carbocycles. The number of rotatable bonds is 6. The predicted octanol–water partition coefficient (Wildman–Crippen LogP) is 2.83. The number of Topliss-reactive ketones (excluding diaryl/α,β-unsaturated/α-hetero) is 1. The lowest BCUT2D eigenvalue weighted by Crippen LogP contribution is -2.33. The van der Waals surface area contributed by atoms with E-state index in [-0.39, 0.29) is 11.5 Å². The van der Waals surface area contributed by atoms with E-state index in [2.05, 4.69) is 5.32 Å². The Bertz CT molecular complexity index is 972. The highest BCUT2D eigenvalue weighted by molar-refractivity contribution is 7.89. The third-order valence-corrected chi connectivity index (χ3v) is 4.85. The van der Waals surface area contributed by atoms with Crippen LogP contribution in [0.4, 0.5) is 18.9 Å². The second-order valence-corrected chi connectivity index (χ2v) is 7.30. The van der Waals surface area contributed by atoms with Crippen molar-refractivity contribution in [1.29, 1.82) is 0 Å². The molecule has 0 aliphatic carbocycles. The molecule has 0 aliphatic heterocycles. The van der Waals surface area contributed by atoms with Crippen molar-refractivity contribution in [2.24, 2.45) is 0 Å². The lowest BCUT2D eigenvalue weighted by Gasteiger charge is -2.11. The van der Waals surface area contributed by atoms with Gasteiger partial charge in [-0.05, 0) is 37.3 Å². The zero-order valence-corrected chi connectivity index (χ0v) is 14.8. The molecule has 0 atom stereocenters. The van der Waals surface area contributed by atoms with Crippen molar-refractivity contribution in [2.45, 2.75) is 18.0 Å². The van der Waals surface area contributed by atoms with E-state index in [1.54, 1.807) is 12.1 Å².